The van der Waals surface area contributed by atoms with E-state index in [1.807, 2.05) is 44.0 Å². The van der Waals surface area contributed by atoms with Gasteiger partial charge in [-0.3, -0.25) is 4.79 Å². The monoisotopic (exact) mass is 364 g/mol. The predicted octanol–water partition coefficient (Wildman–Crippen LogP) is 2.47. The van der Waals surface area contributed by atoms with Crippen molar-refractivity contribution in [2.75, 3.05) is 12.3 Å². The number of benzene rings is 1. The van der Waals surface area contributed by atoms with Gasteiger partial charge in [-0.1, -0.05) is 12.1 Å². The Bertz CT molecular complexity index is 1000. The summed E-state index contributed by atoms with van der Waals surface area (Å²) in [5, 5.41) is 0. The van der Waals surface area contributed by atoms with Gasteiger partial charge in [0.15, 0.2) is 0 Å². The fraction of sp³-hybridized carbons (Fsp3) is 0.400. The molecule has 1 fully saturated rings. The minimum Gasteiger partial charge on any atom is -0.368 e. The molecule has 1 amide bonds. The number of carbonyl (C=O) groups is 1. The number of aromatic nitrogens is 4. The Labute approximate surface area is 158 Å². The van der Waals surface area contributed by atoms with E-state index in [1.165, 1.54) is 0 Å². The van der Waals surface area contributed by atoms with Crippen LogP contribution in [0.4, 0.5) is 5.95 Å². The zero-order chi connectivity index (χ0) is 19.1. The highest BCUT2D eigenvalue weighted by atomic mass is 16.2. The second-order valence-electron chi connectivity index (χ2n) is 7.17. The smallest absolute Gasteiger partial charge is 0.227 e. The van der Waals surface area contributed by atoms with E-state index in [-0.39, 0.29) is 17.9 Å². The van der Waals surface area contributed by atoms with Crippen molar-refractivity contribution in [3.8, 4) is 0 Å². The third kappa shape index (κ3) is 3.03. The summed E-state index contributed by atoms with van der Waals surface area (Å²) in [5.41, 5.74) is 10.2. The Balaban J connectivity index is 1.63. The maximum Gasteiger partial charge on any atom is 0.227 e. The highest BCUT2D eigenvalue weighted by Gasteiger charge is 2.33. The SMILES string of the molecule is Cc1nc(N)nc(C)c1CC(=O)N1CCC[C@H]1c1nc2ccccc2n1C. The first kappa shape index (κ1) is 17.5. The van der Waals surface area contributed by atoms with Crippen molar-refractivity contribution in [2.24, 2.45) is 7.05 Å². The minimum atomic E-state index is 0.00483. The van der Waals surface area contributed by atoms with E-state index in [4.69, 9.17) is 10.7 Å². The van der Waals surface area contributed by atoms with E-state index in [0.717, 1.165) is 53.2 Å². The van der Waals surface area contributed by atoms with Crippen LogP contribution in [0, 0.1) is 13.8 Å². The number of likely N-dealkylation sites (tertiary alicyclic amines) is 1. The summed E-state index contributed by atoms with van der Waals surface area (Å²) in [6.07, 6.45) is 2.20. The van der Waals surface area contributed by atoms with Crippen LogP contribution in [0.3, 0.4) is 0 Å². The highest BCUT2D eigenvalue weighted by Crippen LogP contribution is 2.33. The lowest BCUT2D eigenvalue weighted by atomic mass is 10.1. The third-order valence-electron chi connectivity index (χ3n) is 5.46. The molecular weight excluding hydrogens is 340 g/mol. The molecule has 0 spiro atoms. The summed E-state index contributed by atoms with van der Waals surface area (Å²) in [6, 6.07) is 8.08. The zero-order valence-electron chi connectivity index (χ0n) is 15.9. The Morgan fingerprint density at radius 1 is 1.19 bits per heavy atom. The van der Waals surface area contributed by atoms with E-state index in [9.17, 15) is 4.79 Å². The molecule has 1 aliphatic rings. The quantitative estimate of drug-likeness (QED) is 0.771. The number of carbonyl (C=O) groups excluding carboxylic acids is 1. The number of amides is 1. The van der Waals surface area contributed by atoms with Gasteiger partial charge in [-0.2, -0.15) is 0 Å². The molecule has 2 aromatic heterocycles. The van der Waals surface area contributed by atoms with Gasteiger partial charge < -0.3 is 15.2 Å². The van der Waals surface area contributed by atoms with Crippen molar-refractivity contribution >= 4 is 22.9 Å². The van der Waals surface area contributed by atoms with Crippen molar-refractivity contribution in [3.05, 3.63) is 47.0 Å². The van der Waals surface area contributed by atoms with Crippen LogP contribution < -0.4 is 5.73 Å². The van der Waals surface area contributed by atoms with Gasteiger partial charge in [0.2, 0.25) is 11.9 Å². The van der Waals surface area contributed by atoms with Crippen LogP contribution in [0.25, 0.3) is 11.0 Å². The molecule has 1 atom stereocenters. The normalized spacial score (nSPS) is 17.0. The standard InChI is InChI=1S/C20H24N6O/c1-12-14(13(2)23-20(21)22-12)11-18(27)26-10-6-9-17(26)19-24-15-7-4-5-8-16(15)25(19)3/h4-5,7-8,17H,6,9-11H2,1-3H3,(H2,21,22,23)/t17-/m0/s1. The fourth-order valence-electron chi connectivity index (χ4n) is 4.07. The Morgan fingerprint density at radius 3 is 2.59 bits per heavy atom. The second-order valence-corrected chi connectivity index (χ2v) is 7.17. The molecule has 0 saturated carbocycles. The topological polar surface area (TPSA) is 89.9 Å². The van der Waals surface area contributed by atoms with E-state index in [2.05, 4.69) is 20.6 Å². The number of nitrogens with two attached hydrogens (primary N) is 1. The van der Waals surface area contributed by atoms with Crippen molar-refractivity contribution < 1.29 is 4.79 Å². The number of hydrogen-bond acceptors (Lipinski definition) is 5. The number of anilines is 1. The molecule has 27 heavy (non-hydrogen) atoms. The van der Waals surface area contributed by atoms with Gasteiger partial charge in [-0.25, -0.2) is 15.0 Å². The summed E-state index contributed by atoms with van der Waals surface area (Å²) in [4.78, 5) is 28.3. The van der Waals surface area contributed by atoms with Gasteiger partial charge in [0.1, 0.15) is 5.82 Å². The first-order valence-electron chi connectivity index (χ1n) is 9.26. The first-order valence-corrected chi connectivity index (χ1v) is 9.26. The Morgan fingerprint density at radius 2 is 1.89 bits per heavy atom. The number of rotatable bonds is 3. The fourth-order valence-corrected chi connectivity index (χ4v) is 4.07. The summed E-state index contributed by atoms with van der Waals surface area (Å²) >= 11 is 0. The van der Waals surface area contributed by atoms with Crippen LogP contribution in [0.1, 0.15) is 41.7 Å². The molecule has 0 radical (unpaired) electrons. The molecule has 2 N–H and O–H groups in total. The van der Waals surface area contributed by atoms with Crippen LogP contribution in [0.5, 0.6) is 0 Å². The number of imidazole rings is 1. The molecule has 3 heterocycles. The van der Waals surface area contributed by atoms with E-state index in [1.54, 1.807) is 0 Å². The van der Waals surface area contributed by atoms with E-state index < -0.39 is 0 Å². The Hall–Kier alpha value is -2.96. The average molecular weight is 364 g/mol. The lowest BCUT2D eigenvalue weighted by Crippen LogP contribution is -2.33. The van der Waals surface area contributed by atoms with Crippen molar-refractivity contribution in [2.45, 2.75) is 39.2 Å². The van der Waals surface area contributed by atoms with Crippen LogP contribution in [0.2, 0.25) is 0 Å². The minimum absolute atomic E-state index is 0.00483. The van der Waals surface area contributed by atoms with Gasteiger partial charge in [0.25, 0.3) is 0 Å². The molecule has 0 bridgehead atoms. The van der Waals surface area contributed by atoms with Crippen LogP contribution in [0.15, 0.2) is 24.3 Å². The van der Waals surface area contributed by atoms with Crippen LogP contribution in [-0.2, 0) is 18.3 Å². The van der Waals surface area contributed by atoms with Crippen molar-refractivity contribution in [1.29, 1.82) is 0 Å². The molecule has 0 aliphatic carbocycles. The molecule has 4 rings (SSSR count). The zero-order valence-corrected chi connectivity index (χ0v) is 15.9. The van der Waals surface area contributed by atoms with E-state index in [0.29, 0.717) is 6.42 Å². The van der Waals surface area contributed by atoms with Gasteiger partial charge in [0, 0.05) is 30.5 Å². The summed E-state index contributed by atoms with van der Waals surface area (Å²) in [7, 11) is 2.02. The molecule has 1 saturated heterocycles. The maximum absolute atomic E-state index is 13.1. The predicted molar refractivity (Wildman–Crippen MR) is 104 cm³/mol. The lowest BCUT2D eigenvalue weighted by molar-refractivity contribution is -0.131. The number of hydrogen-bond donors (Lipinski definition) is 1. The molecule has 140 valence electrons. The number of para-hydroxylation sites is 2. The molecular formula is C20H24N6O. The third-order valence-corrected chi connectivity index (χ3v) is 5.46. The summed E-state index contributed by atoms with van der Waals surface area (Å²) in [6.45, 7) is 4.50. The highest BCUT2D eigenvalue weighted by molar-refractivity contribution is 5.80. The number of aryl methyl sites for hydroxylation is 3. The van der Waals surface area contributed by atoms with Gasteiger partial charge in [-0.05, 0) is 38.8 Å². The summed E-state index contributed by atoms with van der Waals surface area (Å²) in [5.74, 6) is 1.29. The number of fused-ring (bicyclic) bond motifs is 1. The van der Waals surface area contributed by atoms with Crippen molar-refractivity contribution in [1.82, 2.24) is 24.4 Å². The lowest BCUT2D eigenvalue weighted by Gasteiger charge is -2.25. The van der Waals surface area contributed by atoms with Crippen LogP contribution in [-0.4, -0.2) is 36.9 Å². The van der Waals surface area contributed by atoms with Gasteiger partial charge in [-0.15, -0.1) is 0 Å². The molecule has 7 heteroatoms. The van der Waals surface area contributed by atoms with Gasteiger partial charge in [0.05, 0.1) is 23.5 Å². The molecule has 1 aliphatic heterocycles. The van der Waals surface area contributed by atoms with Crippen molar-refractivity contribution in [3.63, 3.8) is 0 Å². The maximum atomic E-state index is 13.1. The van der Waals surface area contributed by atoms with Gasteiger partial charge >= 0.3 is 0 Å². The molecule has 7 nitrogen and oxygen atoms in total. The average Bonchev–Trinajstić information content (AvgIpc) is 3.23. The Kier molecular flexibility index (Phi) is 4.30. The number of nitrogens with zero attached hydrogens (tertiary/aromatic N) is 5. The summed E-state index contributed by atoms with van der Waals surface area (Å²) < 4.78 is 2.11. The second kappa shape index (κ2) is 6.64. The number of nitrogen functional groups attached to an aromatic ring is 1. The van der Waals surface area contributed by atoms with E-state index >= 15 is 0 Å². The largest absolute Gasteiger partial charge is 0.368 e. The first-order chi connectivity index (χ1) is 13.0. The van der Waals surface area contributed by atoms with Crippen LogP contribution >= 0.6 is 0 Å². The molecule has 1 aromatic carbocycles. The molecule has 3 aromatic rings. The molecule has 0 unspecified atom stereocenters.